The Kier molecular flexibility index (Phi) is 4.17. The summed E-state index contributed by atoms with van der Waals surface area (Å²) in [6.07, 6.45) is 2.85. The number of thiophene rings is 1. The molecule has 4 nitrogen and oxygen atoms in total. The lowest BCUT2D eigenvalue weighted by molar-refractivity contribution is 0.415. The first-order valence-corrected chi connectivity index (χ1v) is 6.50. The minimum Gasteiger partial charge on any atom is -0.495 e. The summed E-state index contributed by atoms with van der Waals surface area (Å²) in [5.41, 5.74) is 0. The number of ether oxygens (including phenoxy) is 1. The van der Waals surface area contributed by atoms with E-state index in [2.05, 4.69) is 17.2 Å². The molecule has 0 saturated heterocycles. The number of rotatable bonds is 6. The zero-order valence-corrected chi connectivity index (χ0v) is 10.8. The maximum atomic E-state index is 5.67. The molecule has 0 aliphatic carbocycles. The standard InChI is InChI=1S/C12H16N2O2S/c1-3-5-13-8-11-14-7-10(16-11)12-9(15-2)4-6-17-12/h4,6-7,13H,3,5,8H2,1-2H3. The molecule has 1 N–H and O–H groups in total. The van der Waals surface area contributed by atoms with Gasteiger partial charge in [-0.1, -0.05) is 6.92 Å². The van der Waals surface area contributed by atoms with Crippen LogP contribution >= 0.6 is 11.3 Å². The second-order valence-corrected chi connectivity index (χ2v) is 4.53. The molecule has 0 radical (unpaired) electrons. The molecule has 0 aromatic carbocycles. The zero-order chi connectivity index (χ0) is 12.1. The Bertz CT molecular complexity index is 465. The van der Waals surface area contributed by atoms with E-state index < -0.39 is 0 Å². The van der Waals surface area contributed by atoms with Crippen LogP contribution in [-0.2, 0) is 6.54 Å². The first-order chi connectivity index (χ1) is 8.35. The van der Waals surface area contributed by atoms with Gasteiger partial charge in [0.1, 0.15) is 10.6 Å². The van der Waals surface area contributed by atoms with Gasteiger partial charge in [-0.25, -0.2) is 4.98 Å². The van der Waals surface area contributed by atoms with Gasteiger partial charge in [-0.05, 0) is 24.4 Å². The van der Waals surface area contributed by atoms with Crippen molar-refractivity contribution in [3.8, 4) is 16.4 Å². The molecule has 0 bridgehead atoms. The lowest BCUT2D eigenvalue weighted by Crippen LogP contribution is -2.13. The Balaban J connectivity index is 2.07. The van der Waals surface area contributed by atoms with Crippen molar-refractivity contribution < 1.29 is 9.15 Å². The van der Waals surface area contributed by atoms with E-state index in [0.29, 0.717) is 12.4 Å². The molecule has 5 heteroatoms. The fourth-order valence-electron chi connectivity index (χ4n) is 1.51. The molecule has 0 amide bonds. The summed E-state index contributed by atoms with van der Waals surface area (Å²) in [6, 6.07) is 1.93. The van der Waals surface area contributed by atoms with E-state index in [9.17, 15) is 0 Å². The van der Waals surface area contributed by atoms with Crippen molar-refractivity contribution in [3.63, 3.8) is 0 Å². The largest absolute Gasteiger partial charge is 0.495 e. The van der Waals surface area contributed by atoms with Crippen LogP contribution in [0.25, 0.3) is 10.6 Å². The first kappa shape index (κ1) is 12.1. The molecule has 0 saturated carbocycles. The monoisotopic (exact) mass is 252 g/mol. The lowest BCUT2D eigenvalue weighted by Gasteiger charge is -1.99. The highest BCUT2D eigenvalue weighted by atomic mass is 32.1. The molecule has 0 aliphatic rings. The third kappa shape index (κ3) is 2.87. The number of aromatic nitrogens is 1. The van der Waals surface area contributed by atoms with Gasteiger partial charge in [-0.2, -0.15) is 0 Å². The third-order valence-corrected chi connectivity index (χ3v) is 3.24. The minimum absolute atomic E-state index is 0.668. The molecule has 0 fully saturated rings. The first-order valence-electron chi connectivity index (χ1n) is 5.62. The molecule has 2 heterocycles. The van der Waals surface area contributed by atoms with Crippen molar-refractivity contribution in [2.75, 3.05) is 13.7 Å². The number of methoxy groups -OCH3 is 1. The average molecular weight is 252 g/mol. The van der Waals surface area contributed by atoms with E-state index in [1.807, 2.05) is 11.4 Å². The summed E-state index contributed by atoms with van der Waals surface area (Å²) in [5, 5.41) is 5.23. The molecule has 2 aromatic heterocycles. The van der Waals surface area contributed by atoms with Crippen LogP contribution in [0, 0.1) is 0 Å². The predicted molar refractivity (Wildman–Crippen MR) is 68.4 cm³/mol. The Hall–Kier alpha value is -1.33. The average Bonchev–Trinajstić information content (AvgIpc) is 2.96. The minimum atomic E-state index is 0.668. The quantitative estimate of drug-likeness (QED) is 0.803. The van der Waals surface area contributed by atoms with Crippen LogP contribution in [0.3, 0.4) is 0 Å². The molecular formula is C12H16N2O2S. The van der Waals surface area contributed by atoms with Gasteiger partial charge in [0.2, 0.25) is 5.89 Å². The normalized spacial score (nSPS) is 10.7. The maximum Gasteiger partial charge on any atom is 0.208 e. The fraction of sp³-hybridized carbons (Fsp3) is 0.417. The molecule has 0 atom stereocenters. The van der Waals surface area contributed by atoms with Crippen LogP contribution in [-0.4, -0.2) is 18.6 Å². The molecule has 2 aromatic rings. The van der Waals surface area contributed by atoms with Crippen LogP contribution in [0.5, 0.6) is 5.75 Å². The highest BCUT2D eigenvalue weighted by Gasteiger charge is 2.12. The van der Waals surface area contributed by atoms with E-state index in [-0.39, 0.29) is 0 Å². The van der Waals surface area contributed by atoms with Gasteiger partial charge in [0.25, 0.3) is 0 Å². The number of oxazole rings is 1. The van der Waals surface area contributed by atoms with Crippen LogP contribution in [0.1, 0.15) is 19.2 Å². The molecule has 0 aliphatic heterocycles. The van der Waals surface area contributed by atoms with E-state index >= 15 is 0 Å². The summed E-state index contributed by atoms with van der Waals surface area (Å²) < 4.78 is 10.9. The number of hydrogen-bond acceptors (Lipinski definition) is 5. The van der Waals surface area contributed by atoms with Gasteiger partial charge in [0.05, 0.1) is 19.9 Å². The molecule has 92 valence electrons. The van der Waals surface area contributed by atoms with Gasteiger partial charge in [0.15, 0.2) is 5.76 Å². The topological polar surface area (TPSA) is 47.3 Å². The summed E-state index contributed by atoms with van der Waals surface area (Å²) in [5.74, 6) is 2.31. The Morgan fingerprint density at radius 3 is 3.18 bits per heavy atom. The SMILES string of the molecule is CCCNCc1ncc(-c2sccc2OC)o1. The van der Waals surface area contributed by atoms with Crippen LogP contribution < -0.4 is 10.1 Å². The van der Waals surface area contributed by atoms with Gasteiger partial charge >= 0.3 is 0 Å². The van der Waals surface area contributed by atoms with E-state index in [4.69, 9.17) is 9.15 Å². The third-order valence-electron chi connectivity index (χ3n) is 2.33. The Morgan fingerprint density at radius 1 is 1.53 bits per heavy atom. The fourth-order valence-corrected chi connectivity index (χ4v) is 2.31. The molecule has 2 rings (SSSR count). The second-order valence-electron chi connectivity index (χ2n) is 3.61. The summed E-state index contributed by atoms with van der Waals surface area (Å²) in [4.78, 5) is 5.23. The van der Waals surface area contributed by atoms with Crippen molar-refractivity contribution >= 4 is 11.3 Å². The summed E-state index contributed by atoms with van der Waals surface area (Å²) >= 11 is 1.59. The van der Waals surface area contributed by atoms with E-state index in [1.165, 1.54) is 0 Å². The van der Waals surface area contributed by atoms with E-state index in [1.54, 1.807) is 24.6 Å². The van der Waals surface area contributed by atoms with Crippen molar-refractivity contribution in [1.82, 2.24) is 10.3 Å². The maximum absolute atomic E-state index is 5.67. The van der Waals surface area contributed by atoms with Crippen molar-refractivity contribution in [3.05, 3.63) is 23.5 Å². The van der Waals surface area contributed by atoms with Crippen molar-refractivity contribution in [1.29, 1.82) is 0 Å². The molecule has 0 unspecified atom stereocenters. The van der Waals surface area contributed by atoms with Gasteiger partial charge < -0.3 is 14.5 Å². The van der Waals surface area contributed by atoms with Crippen LogP contribution in [0.15, 0.2) is 22.1 Å². The van der Waals surface area contributed by atoms with E-state index in [0.717, 1.165) is 29.4 Å². The highest BCUT2D eigenvalue weighted by molar-refractivity contribution is 7.13. The van der Waals surface area contributed by atoms with Crippen molar-refractivity contribution in [2.24, 2.45) is 0 Å². The molecule has 17 heavy (non-hydrogen) atoms. The predicted octanol–water partition coefficient (Wildman–Crippen LogP) is 2.91. The highest BCUT2D eigenvalue weighted by Crippen LogP contribution is 2.35. The van der Waals surface area contributed by atoms with Gasteiger partial charge in [0, 0.05) is 0 Å². The second kappa shape index (κ2) is 5.84. The number of nitrogens with zero attached hydrogens (tertiary/aromatic N) is 1. The summed E-state index contributed by atoms with van der Waals surface area (Å²) in [6.45, 7) is 3.77. The molecular weight excluding hydrogens is 236 g/mol. The Labute approximate surface area is 105 Å². The van der Waals surface area contributed by atoms with Gasteiger partial charge in [-0.15, -0.1) is 11.3 Å². The number of nitrogens with one attached hydrogen (secondary N) is 1. The van der Waals surface area contributed by atoms with Crippen molar-refractivity contribution in [2.45, 2.75) is 19.9 Å². The van der Waals surface area contributed by atoms with Gasteiger partial charge in [-0.3, -0.25) is 0 Å². The molecule has 0 spiro atoms. The summed E-state index contributed by atoms with van der Waals surface area (Å²) in [7, 11) is 1.66. The zero-order valence-electron chi connectivity index (χ0n) is 10.0. The van der Waals surface area contributed by atoms with Crippen LogP contribution in [0.4, 0.5) is 0 Å². The van der Waals surface area contributed by atoms with Crippen LogP contribution in [0.2, 0.25) is 0 Å². The number of hydrogen-bond donors (Lipinski definition) is 1. The smallest absolute Gasteiger partial charge is 0.208 e. The lowest BCUT2D eigenvalue weighted by atomic mass is 10.4. The Morgan fingerprint density at radius 2 is 2.41 bits per heavy atom.